The van der Waals surface area contributed by atoms with Crippen molar-refractivity contribution < 1.29 is 8.42 Å². The van der Waals surface area contributed by atoms with Crippen molar-refractivity contribution in [3.8, 4) is 0 Å². The van der Waals surface area contributed by atoms with Crippen molar-refractivity contribution in [2.45, 2.75) is 64.9 Å². The number of benzene rings is 1. The summed E-state index contributed by atoms with van der Waals surface area (Å²) in [5.41, 5.74) is 3.75. The third-order valence-corrected chi connectivity index (χ3v) is 6.68. The highest BCUT2D eigenvalue weighted by Crippen LogP contribution is 2.45. The minimum atomic E-state index is -3.47. The van der Waals surface area contributed by atoms with Gasteiger partial charge < -0.3 is 0 Å². The van der Waals surface area contributed by atoms with Gasteiger partial charge in [0.2, 0.25) is 10.0 Å². The summed E-state index contributed by atoms with van der Waals surface area (Å²) in [6.45, 7) is 16.0. The third-order valence-electron chi connectivity index (χ3n) is 4.50. The first-order valence-electron chi connectivity index (χ1n) is 7.92. The SMILES string of the molecule is C=C(CC)[C@@H]1[C@H](C(C)C)N1S(=O)(=O)c1c(C)cc(C)cc1C. The molecule has 1 aromatic carbocycles. The van der Waals surface area contributed by atoms with Crippen molar-refractivity contribution in [3.05, 3.63) is 41.0 Å². The van der Waals surface area contributed by atoms with Crippen LogP contribution in [0.2, 0.25) is 0 Å². The second kappa shape index (κ2) is 5.82. The van der Waals surface area contributed by atoms with E-state index in [4.69, 9.17) is 0 Å². The van der Waals surface area contributed by atoms with E-state index in [2.05, 4.69) is 20.4 Å². The number of nitrogens with zero attached hydrogens (tertiary/aromatic N) is 1. The van der Waals surface area contributed by atoms with Gasteiger partial charge in [0, 0.05) is 6.04 Å². The highest BCUT2D eigenvalue weighted by molar-refractivity contribution is 7.89. The van der Waals surface area contributed by atoms with Gasteiger partial charge in [-0.25, -0.2) is 8.42 Å². The Hall–Kier alpha value is -1.13. The van der Waals surface area contributed by atoms with Crippen molar-refractivity contribution >= 4 is 10.0 Å². The molecule has 1 aromatic rings. The van der Waals surface area contributed by atoms with Gasteiger partial charge in [-0.15, -0.1) is 0 Å². The molecule has 122 valence electrons. The number of hydrogen-bond donors (Lipinski definition) is 0. The molecule has 0 radical (unpaired) electrons. The van der Waals surface area contributed by atoms with E-state index in [1.54, 1.807) is 4.31 Å². The van der Waals surface area contributed by atoms with Crippen LogP contribution in [0.25, 0.3) is 0 Å². The first kappa shape index (κ1) is 17.2. The lowest BCUT2D eigenvalue weighted by Crippen LogP contribution is -2.20. The second-order valence-corrected chi connectivity index (χ2v) is 8.53. The summed E-state index contributed by atoms with van der Waals surface area (Å²) in [5, 5.41) is 0. The van der Waals surface area contributed by atoms with Gasteiger partial charge in [0.25, 0.3) is 0 Å². The fourth-order valence-electron chi connectivity index (χ4n) is 3.51. The normalized spacial score (nSPS) is 24.6. The Balaban J connectivity index is 2.50. The predicted octanol–water partition coefficient (Wildman–Crippen LogP) is 3.98. The molecule has 3 nitrogen and oxygen atoms in total. The van der Waals surface area contributed by atoms with Crippen LogP contribution in [0.3, 0.4) is 0 Å². The molecule has 1 fully saturated rings. The van der Waals surface area contributed by atoms with Gasteiger partial charge in [-0.3, -0.25) is 0 Å². The molecule has 1 aliphatic heterocycles. The van der Waals surface area contributed by atoms with Crippen LogP contribution in [-0.2, 0) is 10.0 Å². The van der Waals surface area contributed by atoms with Crippen LogP contribution >= 0.6 is 0 Å². The molecular weight excluding hydrogens is 294 g/mol. The van der Waals surface area contributed by atoms with Crippen LogP contribution in [0, 0.1) is 26.7 Å². The van der Waals surface area contributed by atoms with Crippen LogP contribution in [0.4, 0.5) is 0 Å². The molecule has 0 spiro atoms. The molecule has 1 unspecified atom stereocenters. The van der Waals surface area contributed by atoms with Crippen molar-refractivity contribution in [1.29, 1.82) is 0 Å². The summed E-state index contributed by atoms with van der Waals surface area (Å²) >= 11 is 0. The Morgan fingerprint density at radius 2 is 1.73 bits per heavy atom. The molecule has 0 bridgehead atoms. The Kier molecular flexibility index (Phi) is 4.56. The lowest BCUT2D eigenvalue weighted by atomic mass is 10.0. The van der Waals surface area contributed by atoms with Crippen LogP contribution in [0.15, 0.2) is 29.2 Å². The molecule has 2 rings (SSSR count). The van der Waals surface area contributed by atoms with E-state index >= 15 is 0 Å². The number of rotatable bonds is 5. The van der Waals surface area contributed by atoms with Crippen LogP contribution < -0.4 is 0 Å². The first-order chi connectivity index (χ1) is 10.1. The molecule has 1 saturated heterocycles. The molecular formula is C18H27NO2S. The summed E-state index contributed by atoms with van der Waals surface area (Å²) in [6, 6.07) is 3.88. The van der Waals surface area contributed by atoms with Crippen LogP contribution in [0.1, 0.15) is 43.9 Å². The Bertz CT molecular complexity index is 681. The summed E-state index contributed by atoms with van der Waals surface area (Å²) in [7, 11) is -3.47. The van der Waals surface area contributed by atoms with Crippen molar-refractivity contribution in [2.75, 3.05) is 0 Å². The largest absolute Gasteiger partial charge is 0.244 e. The van der Waals surface area contributed by atoms with Gasteiger partial charge in [-0.1, -0.05) is 50.6 Å². The maximum absolute atomic E-state index is 13.2. The molecule has 1 aliphatic rings. The van der Waals surface area contributed by atoms with Crippen molar-refractivity contribution in [3.63, 3.8) is 0 Å². The van der Waals surface area contributed by atoms with E-state index < -0.39 is 10.0 Å². The number of sulfonamides is 1. The summed E-state index contributed by atoms with van der Waals surface area (Å²) < 4.78 is 28.0. The highest BCUT2D eigenvalue weighted by Gasteiger charge is 2.57. The molecule has 3 atom stereocenters. The first-order valence-corrected chi connectivity index (χ1v) is 9.36. The summed E-state index contributed by atoms with van der Waals surface area (Å²) in [4.78, 5) is 0.468. The van der Waals surface area contributed by atoms with Gasteiger partial charge in [0.05, 0.1) is 10.9 Å². The zero-order chi connectivity index (χ0) is 16.8. The summed E-state index contributed by atoms with van der Waals surface area (Å²) in [6.07, 6.45) is 0.811. The monoisotopic (exact) mass is 321 g/mol. The molecule has 0 amide bonds. The van der Waals surface area contributed by atoms with E-state index in [0.29, 0.717) is 4.90 Å². The van der Waals surface area contributed by atoms with E-state index in [1.807, 2.05) is 39.8 Å². The second-order valence-electron chi connectivity index (χ2n) is 6.75. The topological polar surface area (TPSA) is 37.1 Å². The number of aryl methyl sites for hydroxylation is 3. The zero-order valence-electron chi connectivity index (χ0n) is 14.5. The average Bonchev–Trinajstić information content (AvgIpc) is 3.12. The van der Waals surface area contributed by atoms with Gasteiger partial charge in [0.1, 0.15) is 0 Å². The minimum absolute atomic E-state index is 0.0394. The Morgan fingerprint density at radius 1 is 1.23 bits per heavy atom. The maximum Gasteiger partial charge on any atom is 0.244 e. The fraction of sp³-hybridized carbons (Fsp3) is 0.556. The van der Waals surface area contributed by atoms with Gasteiger partial charge in [-0.05, 0) is 44.2 Å². The molecule has 0 aromatic heterocycles. The minimum Gasteiger partial charge on any atom is -0.207 e. The van der Waals surface area contributed by atoms with E-state index in [1.165, 1.54) is 0 Å². The molecule has 4 heteroatoms. The van der Waals surface area contributed by atoms with Gasteiger partial charge in [-0.2, -0.15) is 4.31 Å². The lowest BCUT2D eigenvalue weighted by molar-refractivity contribution is 0.516. The maximum atomic E-state index is 13.2. The number of hydrogen-bond acceptors (Lipinski definition) is 2. The molecule has 0 N–H and O–H groups in total. The lowest BCUT2D eigenvalue weighted by Gasteiger charge is -2.14. The van der Waals surface area contributed by atoms with Crippen molar-refractivity contribution in [2.24, 2.45) is 5.92 Å². The molecule has 0 aliphatic carbocycles. The summed E-state index contributed by atoms with van der Waals surface area (Å²) in [5.74, 6) is 0.286. The average molecular weight is 321 g/mol. The molecule has 22 heavy (non-hydrogen) atoms. The standard InChI is InChI=1S/C18H27NO2S/c1-8-13(5)17-16(11(2)3)19(17)22(20,21)18-14(6)9-12(4)10-15(18)7/h9-11,16-17H,5,8H2,1-4,6-7H3/t16-,17+,19?/m0/s1. The smallest absolute Gasteiger partial charge is 0.207 e. The Morgan fingerprint density at radius 3 is 2.14 bits per heavy atom. The van der Waals surface area contributed by atoms with Crippen molar-refractivity contribution in [1.82, 2.24) is 4.31 Å². The Labute approximate surface area is 135 Å². The zero-order valence-corrected chi connectivity index (χ0v) is 15.3. The van der Waals surface area contributed by atoms with Crippen LogP contribution in [-0.4, -0.2) is 24.8 Å². The fourth-order valence-corrected chi connectivity index (χ4v) is 5.85. The van der Waals surface area contributed by atoms with Gasteiger partial charge >= 0.3 is 0 Å². The third kappa shape index (κ3) is 2.74. The van der Waals surface area contributed by atoms with E-state index in [-0.39, 0.29) is 18.0 Å². The highest BCUT2D eigenvalue weighted by atomic mass is 32.2. The quantitative estimate of drug-likeness (QED) is 0.608. The van der Waals surface area contributed by atoms with Gasteiger partial charge in [0.15, 0.2) is 0 Å². The predicted molar refractivity (Wildman–Crippen MR) is 91.5 cm³/mol. The van der Waals surface area contributed by atoms with E-state index in [0.717, 1.165) is 28.7 Å². The molecule has 1 heterocycles. The van der Waals surface area contributed by atoms with E-state index in [9.17, 15) is 8.42 Å². The van der Waals surface area contributed by atoms with Crippen LogP contribution in [0.5, 0.6) is 0 Å². The molecule has 0 saturated carbocycles.